The van der Waals surface area contributed by atoms with E-state index >= 15 is 0 Å². The number of amides is 1. The second-order valence-corrected chi connectivity index (χ2v) is 5.17. The fourth-order valence-electron chi connectivity index (χ4n) is 2.40. The SMILES string of the molecule is COc1cc(N(C)C(=O)[C@@H](N)c2ccccc2)cc(OC)c1OC. The summed E-state index contributed by atoms with van der Waals surface area (Å²) in [6.45, 7) is 0. The van der Waals surface area contributed by atoms with Gasteiger partial charge in [-0.05, 0) is 5.56 Å². The van der Waals surface area contributed by atoms with E-state index in [0.29, 0.717) is 22.9 Å². The lowest BCUT2D eigenvalue weighted by Crippen LogP contribution is -2.35. The van der Waals surface area contributed by atoms with Crippen LogP contribution in [0.5, 0.6) is 17.2 Å². The van der Waals surface area contributed by atoms with Crippen molar-refractivity contribution in [1.82, 2.24) is 0 Å². The second kappa shape index (κ2) is 7.70. The predicted octanol–water partition coefficient (Wildman–Crippen LogP) is 2.38. The molecule has 6 nitrogen and oxygen atoms in total. The molecule has 0 aliphatic rings. The van der Waals surface area contributed by atoms with Gasteiger partial charge in [-0.2, -0.15) is 0 Å². The monoisotopic (exact) mass is 330 g/mol. The minimum Gasteiger partial charge on any atom is -0.493 e. The number of nitrogens with two attached hydrogens (primary N) is 1. The number of ether oxygens (including phenoxy) is 3. The van der Waals surface area contributed by atoms with Gasteiger partial charge in [0.05, 0.1) is 27.0 Å². The third-order valence-electron chi connectivity index (χ3n) is 3.79. The van der Waals surface area contributed by atoms with Crippen molar-refractivity contribution >= 4 is 11.6 Å². The van der Waals surface area contributed by atoms with E-state index in [0.717, 1.165) is 5.56 Å². The highest BCUT2D eigenvalue weighted by atomic mass is 16.5. The van der Waals surface area contributed by atoms with Crippen LogP contribution in [0.4, 0.5) is 5.69 Å². The smallest absolute Gasteiger partial charge is 0.248 e. The van der Waals surface area contributed by atoms with Gasteiger partial charge in [-0.1, -0.05) is 30.3 Å². The van der Waals surface area contributed by atoms with Crippen LogP contribution in [0, 0.1) is 0 Å². The van der Waals surface area contributed by atoms with E-state index in [2.05, 4.69) is 0 Å². The summed E-state index contributed by atoms with van der Waals surface area (Å²) < 4.78 is 15.9. The van der Waals surface area contributed by atoms with Gasteiger partial charge in [0.2, 0.25) is 11.7 Å². The van der Waals surface area contributed by atoms with Crippen molar-refractivity contribution in [3.8, 4) is 17.2 Å². The molecule has 2 aromatic carbocycles. The molecule has 0 aliphatic carbocycles. The van der Waals surface area contributed by atoms with Gasteiger partial charge in [-0.25, -0.2) is 0 Å². The van der Waals surface area contributed by atoms with Crippen LogP contribution >= 0.6 is 0 Å². The normalized spacial score (nSPS) is 11.5. The van der Waals surface area contributed by atoms with Gasteiger partial charge in [0.1, 0.15) is 6.04 Å². The van der Waals surface area contributed by atoms with E-state index in [9.17, 15) is 4.79 Å². The molecule has 0 aliphatic heterocycles. The average Bonchev–Trinajstić information content (AvgIpc) is 2.65. The Kier molecular flexibility index (Phi) is 5.65. The van der Waals surface area contributed by atoms with Crippen molar-refractivity contribution in [2.24, 2.45) is 5.73 Å². The zero-order chi connectivity index (χ0) is 17.7. The van der Waals surface area contributed by atoms with Crippen molar-refractivity contribution < 1.29 is 19.0 Å². The minimum atomic E-state index is -0.754. The van der Waals surface area contributed by atoms with Crippen LogP contribution in [0.3, 0.4) is 0 Å². The summed E-state index contributed by atoms with van der Waals surface area (Å²) in [7, 11) is 6.24. The molecule has 1 atom stereocenters. The van der Waals surface area contributed by atoms with Gasteiger partial charge in [-0.15, -0.1) is 0 Å². The van der Waals surface area contributed by atoms with Crippen LogP contribution in [0.15, 0.2) is 42.5 Å². The quantitative estimate of drug-likeness (QED) is 0.880. The highest BCUT2D eigenvalue weighted by molar-refractivity contribution is 5.97. The molecule has 0 heterocycles. The zero-order valence-corrected chi connectivity index (χ0v) is 14.3. The molecule has 6 heteroatoms. The number of anilines is 1. The first-order valence-electron chi connectivity index (χ1n) is 7.41. The number of benzene rings is 2. The molecule has 0 bridgehead atoms. The molecule has 1 amide bonds. The van der Waals surface area contributed by atoms with Gasteiger partial charge in [0.25, 0.3) is 0 Å². The number of rotatable bonds is 6. The summed E-state index contributed by atoms with van der Waals surface area (Å²) >= 11 is 0. The number of likely N-dealkylation sites (N-methyl/N-ethyl adjacent to an activating group) is 1. The molecule has 0 saturated carbocycles. The number of hydrogen-bond donors (Lipinski definition) is 1. The standard InChI is InChI=1S/C18H22N2O4/c1-20(18(21)16(19)12-8-6-5-7-9-12)13-10-14(22-2)17(24-4)15(11-13)23-3/h5-11,16H,19H2,1-4H3/t16-/m0/s1. The number of carbonyl (C=O) groups is 1. The number of carbonyl (C=O) groups excluding carboxylic acids is 1. The van der Waals surface area contributed by atoms with Crippen molar-refractivity contribution in [2.75, 3.05) is 33.3 Å². The number of methoxy groups -OCH3 is 3. The maximum absolute atomic E-state index is 12.7. The topological polar surface area (TPSA) is 74.0 Å². The molecular formula is C18H22N2O4. The maximum Gasteiger partial charge on any atom is 0.248 e. The predicted molar refractivity (Wildman–Crippen MR) is 92.9 cm³/mol. The average molecular weight is 330 g/mol. The Bertz CT molecular complexity index is 678. The molecule has 0 radical (unpaired) electrons. The van der Waals surface area contributed by atoms with Gasteiger partial charge in [0.15, 0.2) is 11.5 Å². The Hall–Kier alpha value is -2.73. The molecular weight excluding hydrogens is 308 g/mol. The number of nitrogens with zero attached hydrogens (tertiary/aromatic N) is 1. The molecule has 2 aromatic rings. The largest absolute Gasteiger partial charge is 0.493 e. The molecule has 0 saturated heterocycles. The Labute approximate surface area is 141 Å². The third-order valence-corrected chi connectivity index (χ3v) is 3.79. The van der Waals surface area contributed by atoms with Crippen molar-refractivity contribution in [3.63, 3.8) is 0 Å². The molecule has 0 spiro atoms. The summed E-state index contributed by atoms with van der Waals surface area (Å²) in [4.78, 5) is 14.2. The van der Waals surface area contributed by atoms with Crippen LogP contribution < -0.4 is 24.8 Å². The first-order valence-corrected chi connectivity index (χ1v) is 7.41. The van der Waals surface area contributed by atoms with Crippen LogP contribution in [0.2, 0.25) is 0 Å². The summed E-state index contributed by atoms with van der Waals surface area (Å²) in [5.41, 5.74) is 7.45. The van der Waals surface area contributed by atoms with Crippen molar-refractivity contribution in [3.05, 3.63) is 48.0 Å². The van der Waals surface area contributed by atoms with E-state index in [1.54, 1.807) is 19.2 Å². The zero-order valence-electron chi connectivity index (χ0n) is 14.3. The highest BCUT2D eigenvalue weighted by Gasteiger charge is 2.23. The Morgan fingerprint density at radius 2 is 1.54 bits per heavy atom. The molecule has 0 fully saturated rings. The summed E-state index contributed by atoms with van der Waals surface area (Å²) in [5, 5.41) is 0. The van der Waals surface area contributed by atoms with Gasteiger partial charge >= 0.3 is 0 Å². The van der Waals surface area contributed by atoms with Gasteiger partial charge in [0, 0.05) is 19.2 Å². The first-order chi connectivity index (χ1) is 11.5. The molecule has 0 unspecified atom stereocenters. The fraction of sp³-hybridized carbons (Fsp3) is 0.278. The van der Waals surface area contributed by atoms with Gasteiger partial charge < -0.3 is 24.8 Å². The van der Waals surface area contributed by atoms with Crippen LogP contribution in [-0.2, 0) is 4.79 Å². The molecule has 0 aromatic heterocycles. The van der Waals surface area contributed by atoms with Crippen LogP contribution in [-0.4, -0.2) is 34.3 Å². The van der Waals surface area contributed by atoms with E-state index < -0.39 is 6.04 Å². The lowest BCUT2D eigenvalue weighted by atomic mass is 10.1. The lowest BCUT2D eigenvalue weighted by molar-refractivity contribution is -0.119. The Morgan fingerprint density at radius 1 is 1.00 bits per heavy atom. The molecule has 2 N–H and O–H groups in total. The van der Waals surface area contributed by atoms with Crippen LogP contribution in [0.1, 0.15) is 11.6 Å². The minimum absolute atomic E-state index is 0.240. The molecule has 24 heavy (non-hydrogen) atoms. The number of hydrogen-bond acceptors (Lipinski definition) is 5. The van der Waals surface area contributed by atoms with Crippen molar-refractivity contribution in [2.45, 2.75) is 6.04 Å². The highest BCUT2D eigenvalue weighted by Crippen LogP contribution is 2.41. The lowest BCUT2D eigenvalue weighted by Gasteiger charge is -2.23. The van der Waals surface area contributed by atoms with Gasteiger partial charge in [-0.3, -0.25) is 4.79 Å². The van der Waals surface area contributed by atoms with E-state index in [-0.39, 0.29) is 5.91 Å². The van der Waals surface area contributed by atoms with E-state index in [1.807, 2.05) is 30.3 Å². The summed E-state index contributed by atoms with van der Waals surface area (Å²) in [6, 6.07) is 11.9. The van der Waals surface area contributed by atoms with E-state index in [4.69, 9.17) is 19.9 Å². The third kappa shape index (κ3) is 3.44. The fourth-order valence-corrected chi connectivity index (χ4v) is 2.40. The summed E-state index contributed by atoms with van der Waals surface area (Å²) in [5.74, 6) is 1.17. The van der Waals surface area contributed by atoms with E-state index in [1.165, 1.54) is 26.2 Å². The first kappa shape index (κ1) is 17.6. The molecule has 128 valence electrons. The summed E-state index contributed by atoms with van der Waals surface area (Å²) in [6.07, 6.45) is 0. The second-order valence-electron chi connectivity index (χ2n) is 5.17. The van der Waals surface area contributed by atoms with Crippen LogP contribution in [0.25, 0.3) is 0 Å². The Morgan fingerprint density at radius 3 is 2.00 bits per heavy atom. The Balaban J connectivity index is 2.35. The maximum atomic E-state index is 12.7. The van der Waals surface area contributed by atoms with Crippen molar-refractivity contribution in [1.29, 1.82) is 0 Å². The molecule has 2 rings (SSSR count).